The van der Waals surface area contributed by atoms with Crippen LogP contribution in [0.4, 0.5) is 0 Å². The predicted octanol–water partition coefficient (Wildman–Crippen LogP) is 3.26. The first-order valence-corrected chi connectivity index (χ1v) is 7.92. The fourth-order valence-electron chi connectivity index (χ4n) is 2.00. The van der Waals surface area contributed by atoms with Gasteiger partial charge in [0.25, 0.3) is 0 Å². The Morgan fingerprint density at radius 3 is 2.57 bits per heavy atom. The molecule has 0 fully saturated rings. The molecule has 0 aliphatic rings. The number of nitrogens with one attached hydrogen (secondary N) is 2. The maximum absolute atomic E-state index is 11.3. The van der Waals surface area contributed by atoms with Crippen LogP contribution in [0.25, 0.3) is 0 Å². The number of carbonyl (C=O) groups excluding carboxylic acids is 1. The van der Waals surface area contributed by atoms with E-state index in [1.807, 2.05) is 32.0 Å². The Labute approximate surface area is 156 Å². The zero-order valence-electron chi connectivity index (χ0n) is 14.2. The maximum atomic E-state index is 11.3. The summed E-state index contributed by atoms with van der Waals surface area (Å²) in [6.45, 7) is 7.76. The lowest BCUT2D eigenvalue weighted by Crippen LogP contribution is -2.38. The highest BCUT2D eigenvalue weighted by Crippen LogP contribution is 2.10. The summed E-state index contributed by atoms with van der Waals surface area (Å²) in [5, 5.41) is 6.59. The summed E-state index contributed by atoms with van der Waals surface area (Å²) < 4.78 is 4.90. The van der Waals surface area contributed by atoms with Crippen molar-refractivity contribution in [2.75, 3.05) is 19.7 Å². The number of aliphatic imine (C=N–C) groups is 1. The first kappa shape index (κ1) is 21.7. The number of ether oxygens (including phenoxy) is 1. The Hall–Kier alpha value is -1.31. The van der Waals surface area contributed by atoms with Gasteiger partial charge < -0.3 is 15.4 Å². The molecule has 0 aromatic heterocycles. The summed E-state index contributed by atoms with van der Waals surface area (Å²) in [4.78, 5) is 15.8. The summed E-state index contributed by atoms with van der Waals surface area (Å²) in [6.07, 6.45) is 1.10. The van der Waals surface area contributed by atoms with E-state index < -0.39 is 0 Å². The van der Waals surface area contributed by atoms with Gasteiger partial charge in [-0.3, -0.25) is 9.79 Å². The van der Waals surface area contributed by atoms with Crippen LogP contribution < -0.4 is 10.6 Å². The summed E-state index contributed by atoms with van der Waals surface area (Å²) in [6, 6.07) is 10.4. The van der Waals surface area contributed by atoms with Crippen molar-refractivity contribution >= 4 is 35.9 Å². The second-order valence-corrected chi connectivity index (χ2v) is 4.95. The third-order valence-corrected chi connectivity index (χ3v) is 3.11. The summed E-state index contributed by atoms with van der Waals surface area (Å²) in [5.74, 6) is 0.607. The van der Waals surface area contributed by atoms with Crippen molar-refractivity contribution in [2.24, 2.45) is 4.99 Å². The Kier molecular flexibility index (Phi) is 12.4. The van der Waals surface area contributed by atoms with E-state index in [1.54, 1.807) is 0 Å². The molecule has 0 spiro atoms. The van der Waals surface area contributed by atoms with Gasteiger partial charge in [0.2, 0.25) is 0 Å². The predicted molar refractivity (Wildman–Crippen MR) is 105 cm³/mol. The standard InChI is InChI=1S/C17H27N3O2.HI/c1-4-18-17(19-13-9-12-16(21)22-5-2)20-14(3)15-10-7-6-8-11-15;/h6-8,10-11,14H,4-5,9,12-13H2,1-3H3,(H2,18,19,20);1H. The van der Waals surface area contributed by atoms with E-state index in [1.165, 1.54) is 5.56 Å². The lowest BCUT2D eigenvalue weighted by molar-refractivity contribution is -0.143. The Bertz CT molecular complexity index is 466. The van der Waals surface area contributed by atoms with Gasteiger partial charge in [0.05, 0.1) is 12.6 Å². The zero-order chi connectivity index (χ0) is 16.2. The van der Waals surface area contributed by atoms with E-state index >= 15 is 0 Å². The molecule has 0 amide bonds. The Morgan fingerprint density at radius 1 is 1.26 bits per heavy atom. The van der Waals surface area contributed by atoms with Crippen LogP contribution in [0.2, 0.25) is 0 Å². The molecule has 2 N–H and O–H groups in total. The SMILES string of the molecule is CCNC(=NCCCC(=O)OCC)NC(C)c1ccccc1.I. The van der Waals surface area contributed by atoms with Crippen LogP contribution >= 0.6 is 24.0 Å². The van der Waals surface area contributed by atoms with E-state index in [-0.39, 0.29) is 36.0 Å². The fraction of sp³-hybridized carbons (Fsp3) is 0.529. The number of carbonyl (C=O) groups is 1. The van der Waals surface area contributed by atoms with Crippen molar-refractivity contribution in [3.05, 3.63) is 35.9 Å². The van der Waals surface area contributed by atoms with E-state index in [0.717, 1.165) is 12.5 Å². The second-order valence-electron chi connectivity index (χ2n) is 4.95. The number of halogens is 1. The molecule has 5 nitrogen and oxygen atoms in total. The zero-order valence-corrected chi connectivity index (χ0v) is 16.5. The molecule has 130 valence electrons. The minimum absolute atomic E-state index is 0. The first-order valence-electron chi connectivity index (χ1n) is 7.92. The molecule has 0 bridgehead atoms. The number of guanidine groups is 1. The van der Waals surface area contributed by atoms with Crippen LogP contribution in [0.3, 0.4) is 0 Å². The minimum atomic E-state index is -0.159. The molecule has 1 rings (SSSR count). The van der Waals surface area contributed by atoms with Crippen LogP contribution in [0, 0.1) is 0 Å². The average molecular weight is 433 g/mol. The molecule has 1 aromatic carbocycles. The van der Waals surface area contributed by atoms with Gasteiger partial charge >= 0.3 is 5.97 Å². The number of esters is 1. The van der Waals surface area contributed by atoms with E-state index in [4.69, 9.17) is 4.74 Å². The summed E-state index contributed by atoms with van der Waals surface area (Å²) in [5.41, 5.74) is 1.21. The molecular formula is C17H28IN3O2. The van der Waals surface area contributed by atoms with Gasteiger partial charge in [0, 0.05) is 19.5 Å². The summed E-state index contributed by atoms with van der Waals surface area (Å²) in [7, 11) is 0. The summed E-state index contributed by atoms with van der Waals surface area (Å²) >= 11 is 0. The number of rotatable bonds is 8. The molecule has 1 aromatic rings. The van der Waals surface area contributed by atoms with Crippen molar-refractivity contribution in [1.82, 2.24) is 10.6 Å². The Morgan fingerprint density at radius 2 is 1.96 bits per heavy atom. The molecule has 6 heteroatoms. The molecular weight excluding hydrogens is 405 g/mol. The monoisotopic (exact) mass is 433 g/mol. The van der Waals surface area contributed by atoms with Gasteiger partial charge in [-0.2, -0.15) is 0 Å². The quantitative estimate of drug-likeness (QED) is 0.217. The number of hydrogen-bond donors (Lipinski definition) is 2. The molecule has 1 atom stereocenters. The molecule has 0 radical (unpaired) electrons. The number of hydrogen-bond acceptors (Lipinski definition) is 3. The first-order chi connectivity index (χ1) is 10.7. The van der Waals surface area contributed by atoms with Crippen molar-refractivity contribution in [3.63, 3.8) is 0 Å². The smallest absolute Gasteiger partial charge is 0.305 e. The van der Waals surface area contributed by atoms with E-state index in [9.17, 15) is 4.79 Å². The van der Waals surface area contributed by atoms with Gasteiger partial charge in [-0.1, -0.05) is 30.3 Å². The van der Waals surface area contributed by atoms with Gasteiger partial charge in [-0.25, -0.2) is 0 Å². The van der Waals surface area contributed by atoms with Crippen LogP contribution in [0.5, 0.6) is 0 Å². The Balaban J connectivity index is 0.00000484. The van der Waals surface area contributed by atoms with Crippen LogP contribution in [0.15, 0.2) is 35.3 Å². The highest BCUT2D eigenvalue weighted by molar-refractivity contribution is 14.0. The molecule has 0 aliphatic carbocycles. The van der Waals surface area contributed by atoms with E-state index in [2.05, 4.69) is 34.7 Å². The van der Waals surface area contributed by atoms with Crippen LogP contribution in [0.1, 0.15) is 45.2 Å². The van der Waals surface area contributed by atoms with Crippen molar-refractivity contribution in [1.29, 1.82) is 0 Å². The highest BCUT2D eigenvalue weighted by atomic mass is 127. The molecule has 23 heavy (non-hydrogen) atoms. The minimum Gasteiger partial charge on any atom is -0.466 e. The fourth-order valence-corrected chi connectivity index (χ4v) is 2.00. The molecule has 0 aliphatic heterocycles. The average Bonchev–Trinajstić information content (AvgIpc) is 2.52. The molecule has 1 unspecified atom stereocenters. The van der Waals surface area contributed by atoms with Crippen molar-refractivity contribution in [2.45, 2.75) is 39.7 Å². The van der Waals surface area contributed by atoms with Gasteiger partial charge in [-0.05, 0) is 32.8 Å². The van der Waals surface area contributed by atoms with Gasteiger partial charge in [0.1, 0.15) is 0 Å². The van der Waals surface area contributed by atoms with Crippen LogP contribution in [-0.2, 0) is 9.53 Å². The molecule has 0 heterocycles. The topological polar surface area (TPSA) is 62.7 Å². The lowest BCUT2D eigenvalue weighted by atomic mass is 10.1. The third-order valence-electron chi connectivity index (χ3n) is 3.11. The lowest BCUT2D eigenvalue weighted by Gasteiger charge is -2.18. The van der Waals surface area contributed by atoms with Crippen molar-refractivity contribution in [3.8, 4) is 0 Å². The molecule has 0 saturated carbocycles. The number of benzene rings is 1. The second kappa shape index (κ2) is 13.2. The van der Waals surface area contributed by atoms with Crippen LogP contribution in [-0.4, -0.2) is 31.6 Å². The van der Waals surface area contributed by atoms with Gasteiger partial charge in [-0.15, -0.1) is 24.0 Å². The van der Waals surface area contributed by atoms with Gasteiger partial charge in [0.15, 0.2) is 5.96 Å². The highest BCUT2D eigenvalue weighted by Gasteiger charge is 2.07. The van der Waals surface area contributed by atoms with Crippen molar-refractivity contribution < 1.29 is 9.53 Å². The largest absolute Gasteiger partial charge is 0.466 e. The number of nitrogens with zero attached hydrogens (tertiary/aromatic N) is 1. The third kappa shape index (κ3) is 9.43. The van der Waals surface area contributed by atoms with E-state index in [0.29, 0.717) is 26.0 Å². The molecule has 0 saturated heterocycles. The maximum Gasteiger partial charge on any atom is 0.305 e. The normalized spacial score (nSPS) is 12.0.